The van der Waals surface area contributed by atoms with Crippen LogP contribution in [0.4, 0.5) is 0 Å². The third-order valence-electron chi connectivity index (χ3n) is 3.87. The molecular weight excluding hydrogens is 224 g/mol. The predicted octanol–water partition coefficient (Wildman–Crippen LogP) is 2.58. The van der Waals surface area contributed by atoms with Crippen LogP contribution in [0, 0.1) is 5.41 Å². The molecule has 0 spiro atoms. The maximum atomic E-state index is 12.8. The Morgan fingerprint density at radius 3 is 2.39 bits per heavy atom. The highest BCUT2D eigenvalue weighted by Gasteiger charge is 2.40. The van der Waals surface area contributed by atoms with Crippen molar-refractivity contribution in [3.05, 3.63) is 12.2 Å². The molecule has 0 aromatic carbocycles. The number of hydrogen-bond donors (Lipinski definition) is 1. The van der Waals surface area contributed by atoms with E-state index in [9.17, 15) is 4.79 Å². The fourth-order valence-corrected chi connectivity index (χ4v) is 2.94. The van der Waals surface area contributed by atoms with Gasteiger partial charge < -0.3 is 10.2 Å². The summed E-state index contributed by atoms with van der Waals surface area (Å²) < 4.78 is 0. The van der Waals surface area contributed by atoms with Gasteiger partial charge in [-0.1, -0.05) is 25.5 Å². The minimum atomic E-state index is -0.120. The van der Waals surface area contributed by atoms with Crippen molar-refractivity contribution in [3.8, 4) is 0 Å². The molecule has 0 saturated carbocycles. The second-order valence-electron chi connectivity index (χ2n) is 5.56. The number of carbonyl (C=O) groups excluding carboxylic acids is 1. The van der Waals surface area contributed by atoms with Gasteiger partial charge in [-0.3, -0.25) is 4.79 Å². The second kappa shape index (κ2) is 6.93. The highest BCUT2D eigenvalue weighted by molar-refractivity contribution is 5.83. The lowest BCUT2D eigenvalue weighted by Gasteiger charge is -2.40. The monoisotopic (exact) mass is 252 g/mol. The summed E-state index contributed by atoms with van der Waals surface area (Å²) in [5.41, 5.74) is 0.941. The van der Waals surface area contributed by atoms with Crippen LogP contribution in [0.15, 0.2) is 12.2 Å². The van der Waals surface area contributed by atoms with Crippen LogP contribution in [0.25, 0.3) is 0 Å². The number of carbonyl (C=O) groups is 1. The first-order valence-corrected chi connectivity index (χ1v) is 7.20. The van der Waals surface area contributed by atoms with Gasteiger partial charge >= 0.3 is 0 Å². The van der Waals surface area contributed by atoms with Crippen LogP contribution in [0.1, 0.15) is 46.5 Å². The van der Waals surface area contributed by atoms with E-state index >= 15 is 0 Å². The molecule has 0 aromatic rings. The van der Waals surface area contributed by atoms with Crippen LogP contribution in [-0.2, 0) is 4.79 Å². The first-order chi connectivity index (χ1) is 8.55. The van der Waals surface area contributed by atoms with Crippen LogP contribution in [0.2, 0.25) is 0 Å². The molecule has 0 atom stereocenters. The summed E-state index contributed by atoms with van der Waals surface area (Å²) in [7, 11) is 0. The van der Waals surface area contributed by atoms with Crippen molar-refractivity contribution in [3.63, 3.8) is 0 Å². The summed E-state index contributed by atoms with van der Waals surface area (Å²) in [6.07, 6.45) is 4.05. The molecule has 0 aromatic heterocycles. The van der Waals surface area contributed by atoms with Crippen LogP contribution in [-0.4, -0.2) is 37.0 Å². The third kappa shape index (κ3) is 3.58. The summed E-state index contributed by atoms with van der Waals surface area (Å²) in [6.45, 7) is 13.6. The Hall–Kier alpha value is -0.830. The maximum absolute atomic E-state index is 12.8. The van der Waals surface area contributed by atoms with E-state index in [1.165, 1.54) is 0 Å². The highest BCUT2D eigenvalue weighted by atomic mass is 16.2. The van der Waals surface area contributed by atoms with Crippen LogP contribution >= 0.6 is 0 Å². The van der Waals surface area contributed by atoms with E-state index in [-0.39, 0.29) is 5.41 Å². The van der Waals surface area contributed by atoms with Crippen LogP contribution < -0.4 is 5.32 Å². The summed E-state index contributed by atoms with van der Waals surface area (Å²) in [5.74, 6) is 0.344. The Kier molecular flexibility index (Phi) is 5.86. The Morgan fingerprint density at radius 2 is 1.94 bits per heavy atom. The van der Waals surface area contributed by atoms with Gasteiger partial charge in [0.05, 0.1) is 5.41 Å². The molecule has 18 heavy (non-hydrogen) atoms. The van der Waals surface area contributed by atoms with Crippen LogP contribution in [0.5, 0.6) is 0 Å². The molecule has 3 nitrogen and oxygen atoms in total. The first-order valence-electron chi connectivity index (χ1n) is 7.20. The van der Waals surface area contributed by atoms with E-state index in [1.807, 2.05) is 11.8 Å². The van der Waals surface area contributed by atoms with Crippen molar-refractivity contribution >= 4 is 5.91 Å². The zero-order valence-electron chi connectivity index (χ0n) is 12.2. The standard InChI is InChI=1S/C15H28N2O/c1-5-7-15(8-10-16-11-9-15)14(18)17(6-2)12-13(3)4/h16H,3,5-12H2,1-2,4H3. The van der Waals surface area contributed by atoms with Gasteiger partial charge in [0.1, 0.15) is 0 Å². The summed E-state index contributed by atoms with van der Waals surface area (Å²) in [6, 6.07) is 0. The molecule has 0 unspecified atom stereocenters. The topological polar surface area (TPSA) is 32.3 Å². The number of piperidine rings is 1. The Bertz CT molecular complexity index is 287. The van der Waals surface area contributed by atoms with Gasteiger partial charge in [-0.25, -0.2) is 0 Å². The fraction of sp³-hybridized carbons (Fsp3) is 0.800. The van der Waals surface area contributed by atoms with Crippen LogP contribution in [0.3, 0.4) is 0 Å². The number of amides is 1. The van der Waals surface area contributed by atoms with Crippen molar-refractivity contribution in [2.45, 2.75) is 46.5 Å². The molecule has 0 aliphatic carbocycles. The predicted molar refractivity (Wildman–Crippen MR) is 76.5 cm³/mol. The molecular formula is C15H28N2O. The smallest absolute Gasteiger partial charge is 0.229 e. The van der Waals surface area contributed by atoms with E-state index < -0.39 is 0 Å². The normalized spacial score (nSPS) is 18.4. The van der Waals surface area contributed by atoms with Crippen molar-refractivity contribution in [1.82, 2.24) is 10.2 Å². The van der Waals surface area contributed by atoms with Crippen molar-refractivity contribution < 1.29 is 4.79 Å². The Morgan fingerprint density at radius 1 is 1.33 bits per heavy atom. The molecule has 104 valence electrons. The van der Waals surface area contributed by atoms with Gasteiger partial charge in [-0.05, 0) is 46.2 Å². The van der Waals surface area contributed by atoms with Crippen molar-refractivity contribution in [2.75, 3.05) is 26.2 Å². The number of nitrogens with zero attached hydrogens (tertiary/aromatic N) is 1. The Labute approximate surface area is 112 Å². The molecule has 0 radical (unpaired) electrons. The summed E-state index contributed by atoms with van der Waals surface area (Å²) in [4.78, 5) is 14.8. The van der Waals surface area contributed by atoms with E-state index in [2.05, 4.69) is 25.7 Å². The molecule has 1 saturated heterocycles. The zero-order chi connectivity index (χ0) is 13.6. The number of rotatable bonds is 6. The molecule has 0 bridgehead atoms. The van der Waals surface area contributed by atoms with Gasteiger partial charge in [-0.2, -0.15) is 0 Å². The molecule has 1 fully saturated rings. The van der Waals surface area contributed by atoms with Gasteiger partial charge in [0.25, 0.3) is 0 Å². The lowest BCUT2D eigenvalue weighted by atomic mass is 9.74. The number of hydrogen-bond acceptors (Lipinski definition) is 2. The van der Waals surface area contributed by atoms with Crippen molar-refractivity contribution in [1.29, 1.82) is 0 Å². The summed E-state index contributed by atoms with van der Waals surface area (Å²) in [5, 5.41) is 3.36. The molecule has 1 aliphatic rings. The maximum Gasteiger partial charge on any atom is 0.229 e. The highest BCUT2D eigenvalue weighted by Crippen LogP contribution is 2.36. The lowest BCUT2D eigenvalue weighted by molar-refractivity contribution is -0.143. The van der Waals surface area contributed by atoms with E-state index in [0.717, 1.165) is 50.9 Å². The minimum Gasteiger partial charge on any atom is -0.339 e. The minimum absolute atomic E-state index is 0.120. The van der Waals surface area contributed by atoms with Gasteiger partial charge in [0.15, 0.2) is 0 Å². The number of likely N-dealkylation sites (N-methyl/N-ethyl adjacent to an activating group) is 1. The van der Waals surface area contributed by atoms with E-state index in [4.69, 9.17) is 0 Å². The molecule has 3 heteroatoms. The van der Waals surface area contributed by atoms with Gasteiger partial charge in [-0.15, -0.1) is 0 Å². The molecule has 1 N–H and O–H groups in total. The second-order valence-corrected chi connectivity index (χ2v) is 5.56. The summed E-state index contributed by atoms with van der Waals surface area (Å²) >= 11 is 0. The fourth-order valence-electron chi connectivity index (χ4n) is 2.94. The molecule has 1 amide bonds. The van der Waals surface area contributed by atoms with Gasteiger partial charge in [0.2, 0.25) is 5.91 Å². The van der Waals surface area contributed by atoms with E-state index in [0.29, 0.717) is 12.5 Å². The Balaban J connectivity index is 2.82. The molecule has 1 rings (SSSR count). The number of nitrogens with one attached hydrogen (secondary N) is 1. The van der Waals surface area contributed by atoms with Crippen molar-refractivity contribution in [2.24, 2.45) is 5.41 Å². The molecule has 1 heterocycles. The lowest BCUT2D eigenvalue weighted by Crippen LogP contribution is -2.49. The van der Waals surface area contributed by atoms with E-state index in [1.54, 1.807) is 0 Å². The van der Waals surface area contributed by atoms with Gasteiger partial charge in [0, 0.05) is 13.1 Å². The SMILES string of the molecule is C=C(C)CN(CC)C(=O)C1(CCC)CCNCC1. The quantitative estimate of drug-likeness (QED) is 0.737. The zero-order valence-corrected chi connectivity index (χ0v) is 12.2. The average Bonchev–Trinajstić information content (AvgIpc) is 2.36. The first kappa shape index (κ1) is 15.2. The third-order valence-corrected chi connectivity index (χ3v) is 3.87. The average molecular weight is 252 g/mol. The largest absolute Gasteiger partial charge is 0.339 e. The molecule has 1 aliphatic heterocycles.